The molecule has 0 saturated heterocycles. The second-order valence-electron chi connectivity index (χ2n) is 6.09. The highest BCUT2D eigenvalue weighted by Gasteiger charge is 2.20. The number of nitrogens with one attached hydrogen (secondary N) is 1. The summed E-state index contributed by atoms with van der Waals surface area (Å²) < 4.78 is 13.2. The Balaban J connectivity index is 1.69. The first-order valence-corrected chi connectivity index (χ1v) is 9.54. The second kappa shape index (κ2) is 8.74. The van der Waals surface area contributed by atoms with Gasteiger partial charge in [-0.15, -0.1) is 11.3 Å². The summed E-state index contributed by atoms with van der Waals surface area (Å²) in [6.45, 7) is 2.39. The van der Waals surface area contributed by atoms with Crippen LogP contribution in [0.15, 0.2) is 66.0 Å². The van der Waals surface area contributed by atoms with Crippen LogP contribution < -0.4 is 10.6 Å². The van der Waals surface area contributed by atoms with Gasteiger partial charge in [0.25, 0.3) is 5.91 Å². The van der Waals surface area contributed by atoms with E-state index < -0.39 is 0 Å². The molecule has 3 rings (SSSR count). The number of carbonyl (C=O) groups is 1. The second-order valence-corrected chi connectivity index (χ2v) is 7.07. The number of nitrogens with two attached hydrogens (primary N) is 1. The van der Waals surface area contributed by atoms with Gasteiger partial charge in [-0.25, -0.2) is 4.39 Å². The van der Waals surface area contributed by atoms with Gasteiger partial charge in [0.2, 0.25) is 0 Å². The van der Waals surface area contributed by atoms with Gasteiger partial charge in [0, 0.05) is 11.3 Å². The third kappa shape index (κ3) is 4.77. The number of hydrogen-bond acceptors (Lipinski definition) is 2. The van der Waals surface area contributed by atoms with E-state index in [4.69, 9.17) is 0 Å². The van der Waals surface area contributed by atoms with Crippen molar-refractivity contribution in [3.8, 4) is 0 Å². The minimum atomic E-state index is -0.362. The first-order chi connectivity index (χ1) is 12.7. The zero-order valence-electron chi connectivity index (χ0n) is 14.6. The number of anilines is 1. The summed E-state index contributed by atoms with van der Waals surface area (Å²) in [5.41, 5.74) is 2.94. The lowest BCUT2D eigenvalue weighted by molar-refractivity contribution is -0.675. The van der Waals surface area contributed by atoms with Gasteiger partial charge in [-0.05, 0) is 41.6 Å². The van der Waals surface area contributed by atoms with Crippen LogP contribution in [-0.4, -0.2) is 12.5 Å². The van der Waals surface area contributed by atoms with Gasteiger partial charge in [0.1, 0.15) is 11.9 Å². The monoisotopic (exact) mass is 369 g/mol. The van der Waals surface area contributed by atoms with Crippen LogP contribution in [0, 0.1) is 5.82 Å². The molecule has 3 aromatic rings. The Morgan fingerprint density at radius 2 is 1.96 bits per heavy atom. The van der Waals surface area contributed by atoms with Crippen molar-refractivity contribution in [2.24, 2.45) is 0 Å². The number of hydrogen-bond donors (Lipinski definition) is 2. The van der Waals surface area contributed by atoms with Gasteiger partial charge in [-0.2, -0.15) is 0 Å². The van der Waals surface area contributed by atoms with Crippen LogP contribution in [0.1, 0.15) is 29.0 Å². The number of thiophene rings is 1. The molecule has 0 aliphatic heterocycles. The number of aryl methyl sites for hydroxylation is 1. The molecule has 1 heterocycles. The number of rotatable bonds is 7. The minimum Gasteiger partial charge on any atom is -0.328 e. The van der Waals surface area contributed by atoms with Gasteiger partial charge in [-0.3, -0.25) is 4.79 Å². The zero-order chi connectivity index (χ0) is 18.4. The quantitative estimate of drug-likeness (QED) is 0.655. The summed E-state index contributed by atoms with van der Waals surface area (Å²) in [7, 11) is 0. The molecule has 0 aliphatic carbocycles. The number of amides is 1. The van der Waals surface area contributed by atoms with E-state index in [-0.39, 0.29) is 24.3 Å². The molecule has 5 heteroatoms. The van der Waals surface area contributed by atoms with E-state index in [1.807, 2.05) is 16.8 Å². The highest BCUT2D eigenvalue weighted by Crippen LogP contribution is 2.23. The summed E-state index contributed by atoms with van der Waals surface area (Å²) in [6.07, 6.45) is 1.00. The molecule has 26 heavy (non-hydrogen) atoms. The largest absolute Gasteiger partial charge is 0.328 e. The number of halogens is 1. The molecule has 1 atom stereocenters. The van der Waals surface area contributed by atoms with Gasteiger partial charge in [0.15, 0.2) is 6.54 Å². The van der Waals surface area contributed by atoms with Crippen molar-refractivity contribution in [2.45, 2.75) is 19.4 Å². The molecular formula is C21H22FN2OS+. The van der Waals surface area contributed by atoms with E-state index in [0.717, 1.165) is 6.42 Å². The first-order valence-electron chi connectivity index (χ1n) is 8.66. The minimum absolute atomic E-state index is 0.0687. The zero-order valence-corrected chi connectivity index (χ0v) is 15.4. The van der Waals surface area contributed by atoms with Crippen LogP contribution in [0.5, 0.6) is 0 Å². The molecule has 1 amide bonds. The molecule has 0 aliphatic rings. The smallest absolute Gasteiger partial charge is 0.279 e. The molecule has 2 aromatic carbocycles. The van der Waals surface area contributed by atoms with Crippen molar-refractivity contribution < 1.29 is 14.5 Å². The normalized spacial score (nSPS) is 11.9. The average Bonchev–Trinajstić information content (AvgIpc) is 3.17. The maximum Gasteiger partial charge on any atom is 0.279 e. The molecule has 0 radical (unpaired) electrons. The molecule has 1 aromatic heterocycles. The van der Waals surface area contributed by atoms with E-state index in [1.165, 1.54) is 28.1 Å². The van der Waals surface area contributed by atoms with E-state index in [1.54, 1.807) is 23.5 Å². The fraction of sp³-hybridized carbons (Fsp3) is 0.190. The van der Waals surface area contributed by atoms with Crippen molar-refractivity contribution in [1.82, 2.24) is 0 Å². The topological polar surface area (TPSA) is 45.7 Å². The Morgan fingerprint density at radius 3 is 2.62 bits per heavy atom. The maximum atomic E-state index is 13.2. The highest BCUT2D eigenvalue weighted by molar-refractivity contribution is 7.10. The van der Waals surface area contributed by atoms with E-state index in [9.17, 15) is 9.18 Å². The number of carbonyl (C=O) groups excluding carboxylic acids is 1. The Morgan fingerprint density at radius 1 is 1.15 bits per heavy atom. The molecule has 0 unspecified atom stereocenters. The molecule has 134 valence electrons. The van der Waals surface area contributed by atoms with Crippen LogP contribution in [0.2, 0.25) is 0 Å². The standard InChI is InChI=1S/C21H21FN2OS/c1-2-15-8-10-16(11-9-15)21(19-7-4-12-26-19)23-14-20(25)24-18-6-3-5-17(22)13-18/h3-13,21,23H,2,14H2,1H3,(H,24,25)/p+1/t21-/m0/s1. The Bertz CT molecular complexity index is 847. The highest BCUT2D eigenvalue weighted by atomic mass is 32.1. The van der Waals surface area contributed by atoms with Crippen LogP contribution >= 0.6 is 11.3 Å². The lowest BCUT2D eigenvalue weighted by atomic mass is 10.0. The predicted octanol–water partition coefficient (Wildman–Crippen LogP) is 3.74. The van der Waals surface area contributed by atoms with Crippen molar-refractivity contribution in [1.29, 1.82) is 0 Å². The van der Waals surface area contributed by atoms with E-state index in [2.05, 4.69) is 42.6 Å². The molecule has 0 spiro atoms. The molecule has 3 nitrogen and oxygen atoms in total. The Kier molecular flexibility index (Phi) is 6.15. The van der Waals surface area contributed by atoms with Crippen molar-refractivity contribution in [3.05, 3.63) is 87.9 Å². The fourth-order valence-electron chi connectivity index (χ4n) is 2.85. The summed E-state index contributed by atoms with van der Waals surface area (Å²) >= 11 is 1.68. The Labute approximate surface area is 156 Å². The van der Waals surface area contributed by atoms with Gasteiger partial charge >= 0.3 is 0 Å². The summed E-state index contributed by atoms with van der Waals surface area (Å²) in [4.78, 5) is 13.5. The van der Waals surface area contributed by atoms with Gasteiger partial charge in [0.05, 0.1) is 4.88 Å². The predicted molar refractivity (Wildman–Crippen MR) is 104 cm³/mol. The number of quaternary nitrogens is 1. The SMILES string of the molecule is CCc1ccc([C@H]([NH2+]CC(=O)Nc2cccc(F)c2)c2cccs2)cc1. The van der Waals surface area contributed by atoms with Crippen LogP contribution in [0.4, 0.5) is 10.1 Å². The van der Waals surface area contributed by atoms with Crippen LogP contribution in [0.3, 0.4) is 0 Å². The molecule has 3 N–H and O–H groups in total. The third-order valence-corrected chi connectivity index (χ3v) is 5.20. The summed E-state index contributed by atoms with van der Waals surface area (Å²) in [6, 6.07) is 18.6. The van der Waals surface area contributed by atoms with E-state index in [0.29, 0.717) is 5.69 Å². The van der Waals surface area contributed by atoms with Crippen molar-refractivity contribution in [2.75, 3.05) is 11.9 Å². The summed E-state index contributed by atoms with van der Waals surface area (Å²) in [5, 5.41) is 6.81. The Hall–Kier alpha value is -2.50. The molecular weight excluding hydrogens is 347 g/mol. The third-order valence-electron chi connectivity index (χ3n) is 4.24. The maximum absolute atomic E-state index is 13.2. The fourth-order valence-corrected chi connectivity index (χ4v) is 3.70. The average molecular weight is 369 g/mol. The van der Waals surface area contributed by atoms with Gasteiger partial charge in [-0.1, -0.05) is 43.3 Å². The van der Waals surface area contributed by atoms with Crippen molar-refractivity contribution in [3.63, 3.8) is 0 Å². The molecule has 0 fully saturated rings. The first kappa shape index (κ1) is 18.3. The van der Waals surface area contributed by atoms with Crippen LogP contribution in [0.25, 0.3) is 0 Å². The van der Waals surface area contributed by atoms with Gasteiger partial charge < -0.3 is 10.6 Å². The lowest BCUT2D eigenvalue weighted by Crippen LogP contribution is -2.87. The van der Waals surface area contributed by atoms with Crippen molar-refractivity contribution >= 4 is 22.9 Å². The van der Waals surface area contributed by atoms with Crippen LogP contribution in [-0.2, 0) is 11.2 Å². The number of benzene rings is 2. The lowest BCUT2D eigenvalue weighted by Gasteiger charge is -2.15. The summed E-state index contributed by atoms with van der Waals surface area (Å²) in [5.74, 6) is -0.512. The van der Waals surface area contributed by atoms with E-state index >= 15 is 0 Å². The molecule has 0 bridgehead atoms. The molecule has 0 saturated carbocycles.